The fourth-order valence-electron chi connectivity index (χ4n) is 4.15. The Labute approximate surface area is 273 Å². The zero-order valence-corrected chi connectivity index (χ0v) is 26.6. The molecule has 0 unspecified atom stereocenters. The molecule has 0 amide bonds. The van der Waals surface area contributed by atoms with Crippen LogP contribution in [0.25, 0.3) is 22.7 Å². The molecule has 41 heavy (non-hydrogen) atoms. The standard InChI is InChI=1S/2C15H12N2OS2.Pt/c2*18-15-16(11-7-3-1-4-8-11)13(19)14(20)17(15)12-9-5-2-6-10-12;/h2*1-10,19-20H;/q;;+4/p-4. The smallest absolute Gasteiger partial charge is 0.762 e. The second-order valence-corrected chi connectivity index (χ2v) is 10.0. The monoisotopic (exact) mass is 791 g/mol. The molecule has 206 valence electrons. The van der Waals surface area contributed by atoms with Gasteiger partial charge in [-0.25, -0.2) is 9.59 Å². The van der Waals surface area contributed by atoms with Crippen LogP contribution in [-0.2, 0) is 71.6 Å². The topological polar surface area (TPSA) is 53.9 Å². The molecule has 0 N–H and O–H groups in total. The van der Waals surface area contributed by atoms with E-state index in [-0.39, 0.29) is 32.4 Å². The van der Waals surface area contributed by atoms with Gasteiger partial charge >= 0.3 is 32.4 Å². The molecule has 2 heterocycles. The predicted molar refractivity (Wildman–Crippen MR) is 165 cm³/mol. The van der Waals surface area contributed by atoms with Crippen molar-refractivity contribution in [3.05, 3.63) is 142 Å². The van der Waals surface area contributed by atoms with Crippen molar-refractivity contribution < 1.29 is 21.1 Å². The molecule has 0 bridgehead atoms. The third kappa shape index (κ3) is 6.07. The number of para-hydroxylation sites is 4. The summed E-state index contributed by atoms with van der Waals surface area (Å²) in [5.41, 5.74) is 2.42. The summed E-state index contributed by atoms with van der Waals surface area (Å²) in [6.45, 7) is 0. The molecule has 6 aromatic rings. The van der Waals surface area contributed by atoms with Crippen LogP contribution >= 0.6 is 0 Å². The quantitative estimate of drug-likeness (QED) is 0.238. The molecule has 6 rings (SSSR count). The van der Waals surface area contributed by atoms with Crippen LogP contribution in [0.5, 0.6) is 0 Å². The van der Waals surface area contributed by atoms with E-state index in [0.29, 0.717) is 20.1 Å². The zero-order valence-electron chi connectivity index (χ0n) is 21.1. The van der Waals surface area contributed by atoms with Gasteiger partial charge in [-0.2, -0.15) is 0 Å². The number of imidazole rings is 2. The SMILES string of the molecule is O=c1n(-c2ccccc2)c([S-])c([S-])n1-c1ccccc1.O=c1n(-c2ccccc2)c([S-])c([S-])n1-c1ccccc1.[Pt+4]. The van der Waals surface area contributed by atoms with Crippen molar-refractivity contribution in [1.29, 1.82) is 0 Å². The van der Waals surface area contributed by atoms with Crippen LogP contribution in [0.15, 0.2) is 151 Å². The van der Waals surface area contributed by atoms with Gasteiger partial charge in [0.2, 0.25) is 0 Å². The van der Waals surface area contributed by atoms with Crippen LogP contribution in [0.2, 0.25) is 0 Å². The molecule has 4 aromatic carbocycles. The Morgan fingerprint density at radius 2 is 0.512 bits per heavy atom. The maximum atomic E-state index is 12.6. The van der Waals surface area contributed by atoms with Crippen molar-refractivity contribution in [2.75, 3.05) is 0 Å². The Hall–Kier alpha value is -3.53. The molecule has 0 radical (unpaired) electrons. The maximum absolute atomic E-state index is 12.6. The minimum Gasteiger partial charge on any atom is -0.762 e. The number of benzene rings is 4. The molecule has 2 aromatic heterocycles. The summed E-state index contributed by atoms with van der Waals surface area (Å²) in [5, 5.41) is 1.44. The van der Waals surface area contributed by atoms with E-state index >= 15 is 0 Å². The molecule has 6 nitrogen and oxygen atoms in total. The van der Waals surface area contributed by atoms with Crippen LogP contribution in [-0.4, -0.2) is 18.3 Å². The van der Waals surface area contributed by atoms with Gasteiger partial charge in [0, 0.05) is 22.7 Å². The summed E-state index contributed by atoms with van der Waals surface area (Å²) in [6.07, 6.45) is 0. The van der Waals surface area contributed by atoms with Crippen molar-refractivity contribution in [3.63, 3.8) is 0 Å². The van der Waals surface area contributed by atoms with Gasteiger partial charge in [0.05, 0.1) is 0 Å². The number of aromatic nitrogens is 4. The molecular weight excluding hydrogens is 772 g/mol. The maximum Gasteiger partial charge on any atom is 4.00 e. The van der Waals surface area contributed by atoms with E-state index < -0.39 is 0 Å². The molecule has 0 aliphatic carbocycles. The average molecular weight is 792 g/mol. The summed E-state index contributed by atoms with van der Waals surface area (Å²) < 4.78 is 5.85. The molecule has 11 heteroatoms. The summed E-state index contributed by atoms with van der Waals surface area (Å²) in [6, 6.07) is 37.1. The second-order valence-electron chi connectivity index (χ2n) is 8.47. The van der Waals surface area contributed by atoms with Gasteiger partial charge in [0.15, 0.2) is 0 Å². The molecule has 0 saturated carbocycles. The first kappa shape index (κ1) is 30.4. The van der Waals surface area contributed by atoms with Crippen LogP contribution < -0.4 is 11.4 Å². The Bertz CT molecular complexity index is 1600. The molecule has 0 aliphatic rings. The first-order valence-corrected chi connectivity index (χ1v) is 13.7. The summed E-state index contributed by atoms with van der Waals surface area (Å²) in [5.74, 6) is 0. The van der Waals surface area contributed by atoms with Crippen LogP contribution in [0.3, 0.4) is 0 Å². The van der Waals surface area contributed by atoms with E-state index in [2.05, 4.69) is 0 Å². The van der Waals surface area contributed by atoms with Gasteiger partial charge in [-0.3, -0.25) is 18.3 Å². The Morgan fingerprint density at radius 1 is 0.341 bits per heavy atom. The van der Waals surface area contributed by atoms with Crippen molar-refractivity contribution in [3.8, 4) is 22.7 Å². The number of hydrogen-bond acceptors (Lipinski definition) is 6. The van der Waals surface area contributed by atoms with Gasteiger partial charge in [-0.1, -0.05) is 92.9 Å². The van der Waals surface area contributed by atoms with Crippen LogP contribution in [0.4, 0.5) is 0 Å². The molecular formula is C30H20N4O2PtS4. The van der Waals surface area contributed by atoms with Crippen molar-refractivity contribution in [2.45, 2.75) is 20.1 Å². The predicted octanol–water partition coefficient (Wildman–Crippen LogP) is 4.88. The number of rotatable bonds is 4. The van der Waals surface area contributed by atoms with Crippen LogP contribution in [0, 0.1) is 0 Å². The third-order valence-electron chi connectivity index (χ3n) is 6.00. The number of nitrogens with zero attached hydrogens (tertiary/aromatic N) is 4. The van der Waals surface area contributed by atoms with Gasteiger partial charge in [0.25, 0.3) is 0 Å². The number of hydrogen-bond donors (Lipinski definition) is 0. The van der Waals surface area contributed by atoms with E-state index in [4.69, 9.17) is 50.5 Å². The van der Waals surface area contributed by atoms with Gasteiger partial charge < -0.3 is 50.5 Å². The first-order valence-electron chi connectivity index (χ1n) is 12.1. The molecule has 0 fully saturated rings. The summed E-state index contributed by atoms with van der Waals surface area (Å²) in [7, 11) is 0. The average Bonchev–Trinajstić information content (AvgIpc) is 3.36. The molecule has 0 aliphatic heterocycles. The van der Waals surface area contributed by atoms with E-state index in [0.717, 1.165) is 22.7 Å². The van der Waals surface area contributed by atoms with E-state index in [1.165, 1.54) is 18.3 Å². The fraction of sp³-hybridized carbons (Fsp3) is 0. The second kappa shape index (κ2) is 13.4. The van der Waals surface area contributed by atoms with Crippen molar-refractivity contribution in [2.24, 2.45) is 0 Å². The fourth-order valence-corrected chi connectivity index (χ4v) is 5.25. The Balaban J connectivity index is 0.000000184. The van der Waals surface area contributed by atoms with Gasteiger partial charge in [-0.15, -0.1) is 0 Å². The Kier molecular flexibility index (Phi) is 9.96. The zero-order chi connectivity index (χ0) is 28.2. The van der Waals surface area contributed by atoms with Crippen molar-refractivity contribution in [1.82, 2.24) is 18.3 Å². The van der Waals surface area contributed by atoms with Gasteiger partial charge in [0.1, 0.15) is 0 Å². The summed E-state index contributed by atoms with van der Waals surface area (Å²) in [4.78, 5) is 25.2. The van der Waals surface area contributed by atoms with Crippen LogP contribution in [0.1, 0.15) is 0 Å². The Morgan fingerprint density at radius 3 is 0.683 bits per heavy atom. The van der Waals surface area contributed by atoms with Crippen molar-refractivity contribution >= 4 is 50.5 Å². The molecule has 0 saturated heterocycles. The first-order chi connectivity index (χ1) is 19.4. The summed E-state index contributed by atoms with van der Waals surface area (Å²) >= 11 is 21.3. The minimum absolute atomic E-state index is 0. The minimum atomic E-state index is -0.239. The van der Waals surface area contributed by atoms with E-state index in [9.17, 15) is 9.59 Å². The third-order valence-corrected chi connectivity index (χ3v) is 7.76. The normalized spacial score (nSPS) is 10.3. The molecule has 0 atom stereocenters. The van der Waals surface area contributed by atoms with E-state index in [1.54, 1.807) is 0 Å². The largest absolute Gasteiger partial charge is 4.00 e. The van der Waals surface area contributed by atoms with E-state index in [1.807, 2.05) is 121 Å². The molecule has 0 spiro atoms. The van der Waals surface area contributed by atoms with Gasteiger partial charge in [-0.05, 0) is 48.5 Å².